The van der Waals surface area contributed by atoms with Gasteiger partial charge in [0.15, 0.2) is 5.78 Å². The van der Waals surface area contributed by atoms with E-state index in [0.717, 1.165) is 0 Å². The minimum absolute atomic E-state index is 0.0127. The van der Waals surface area contributed by atoms with Gasteiger partial charge in [-0.05, 0) is 30.7 Å². The number of aliphatic hydroxyl groups is 3. The second-order valence-electron chi connectivity index (χ2n) is 10.2. The lowest BCUT2D eigenvalue weighted by Crippen LogP contribution is -2.60. The number of phenolic OH excluding ortho intramolecular Hbond substituents is 3. The van der Waals surface area contributed by atoms with Gasteiger partial charge in [0.05, 0.1) is 6.42 Å². The van der Waals surface area contributed by atoms with Crippen LogP contribution in [0.4, 0.5) is 0 Å². The van der Waals surface area contributed by atoms with E-state index in [4.69, 9.17) is 18.9 Å². The minimum atomic E-state index is -1.76. The zero-order valence-electron chi connectivity index (χ0n) is 21.6. The molecule has 3 aliphatic rings. The molecule has 0 spiro atoms. The van der Waals surface area contributed by atoms with E-state index in [1.807, 2.05) is 0 Å². The first-order valence-corrected chi connectivity index (χ1v) is 12.8. The Morgan fingerprint density at radius 2 is 1.56 bits per heavy atom. The Bertz CT molecular complexity index is 1570. The number of carbonyl (C=O) groups excluding carboxylic acids is 2. The van der Waals surface area contributed by atoms with Crippen molar-refractivity contribution in [2.24, 2.45) is 0 Å². The van der Waals surface area contributed by atoms with E-state index in [9.17, 15) is 40.2 Å². The number of rotatable bonds is 0. The quantitative estimate of drug-likeness (QED) is 0.217. The number of cyclic esters (lactones) is 1. The lowest BCUT2D eigenvalue weighted by atomic mass is 9.91. The van der Waals surface area contributed by atoms with E-state index in [1.54, 1.807) is 6.07 Å². The Labute approximate surface area is 232 Å². The Kier molecular flexibility index (Phi) is 6.50. The molecule has 0 aromatic heterocycles. The monoisotopic (exact) mass is 566 g/mol. The molecule has 6 atom stereocenters. The lowest BCUT2D eigenvalue weighted by molar-refractivity contribution is -0.277. The fourth-order valence-electron chi connectivity index (χ4n) is 5.26. The molecule has 12 heteroatoms. The van der Waals surface area contributed by atoms with E-state index in [-0.39, 0.29) is 51.5 Å². The molecule has 0 aliphatic carbocycles. The number of hydrogen-bond donors (Lipinski definition) is 6. The summed E-state index contributed by atoms with van der Waals surface area (Å²) < 4.78 is 22.8. The van der Waals surface area contributed by atoms with E-state index < -0.39 is 66.7 Å². The fourth-order valence-corrected chi connectivity index (χ4v) is 5.26. The van der Waals surface area contributed by atoms with Crippen LogP contribution in [0.3, 0.4) is 0 Å². The number of Topliss-reactive ketones (excluding diaryl/α,β-unsaturated/α-hetero) is 1. The first-order chi connectivity index (χ1) is 19.5. The highest BCUT2D eigenvalue weighted by molar-refractivity contribution is 6.03. The number of ether oxygens (including phenoxy) is 4. The number of benzene rings is 3. The maximum absolute atomic E-state index is 13.2. The molecular weight excluding hydrogens is 540 g/mol. The average Bonchev–Trinajstić information content (AvgIpc) is 2.95. The van der Waals surface area contributed by atoms with E-state index in [0.29, 0.717) is 5.56 Å². The molecule has 6 N–H and O–H groups in total. The molecule has 9 bridgehead atoms. The average molecular weight is 567 g/mol. The number of phenols is 3. The molecule has 1 saturated heterocycles. The van der Waals surface area contributed by atoms with Gasteiger partial charge in [-0.15, -0.1) is 0 Å². The Morgan fingerprint density at radius 1 is 0.805 bits per heavy atom. The zero-order chi connectivity index (χ0) is 29.2. The number of aromatic hydroxyl groups is 3. The highest BCUT2D eigenvalue weighted by Gasteiger charge is 2.46. The summed E-state index contributed by atoms with van der Waals surface area (Å²) >= 11 is 0. The van der Waals surface area contributed by atoms with Crippen molar-refractivity contribution in [2.45, 2.75) is 50.2 Å². The summed E-state index contributed by atoms with van der Waals surface area (Å²) in [5, 5.41) is 64.0. The van der Waals surface area contributed by atoms with Crippen LogP contribution in [-0.4, -0.2) is 79.7 Å². The number of para-hydroxylation sites is 1. The largest absolute Gasteiger partial charge is 0.507 e. The summed E-state index contributed by atoms with van der Waals surface area (Å²) in [6.07, 6.45) is -9.15. The summed E-state index contributed by atoms with van der Waals surface area (Å²) in [6.45, 7) is 0.879. The van der Waals surface area contributed by atoms with Crippen molar-refractivity contribution < 1.29 is 59.2 Å². The molecule has 6 rings (SSSR count). The molecule has 41 heavy (non-hydrogen) atoms. The van der Waals surface area contributed by atoms with Gasteiger partial charge in [0, 0.05) is 22.8 Å². The van der Waals surface area contributed by atoms with Gasteiger partial charge >= 0.3 is 5.97 Å². The van der Waals surface area contributed by atoms with E-state index in [1.165, 1.54) is 43.3 Å². The van der Waals surface area contributed by atoms with Crippen molar-refractivity contribution in [3.63, 3.8) is 0 Å². The molecule has 4 unspecified atom stereocenters. The van der Waals surface area contributed by atoms with Crippen LogP contribution < -0.4 is 9.47 Å². The van der Waals surface area contributed by atoms with Gasteiger partial charge in [0.25, 0.3) is 0 Å². The predicted octanol–water partition coefficient (Wildman–Crippen LogP) is 1.84. The van der Waals surface area contributed by atoms with Gasteiger partial charge in [0.2, 0.25) is 6.29 Å². The number of carbonyl (C=O) groups is 2. The third-order valence-corrected chi connectivity index (χ3v) is 7.62. The van der Waals surface area contributed by atoms with Gasteiger partial charge in [-0.25, -0.2) is 4.79 Å². The molecule has 0 saturated carbocycles. The second-order valence-corrected chi connectivity index (χ2v) is 10.2. The Morgan fingerprint density at radius 3 is 2.34 bits per heavy atom. The third-order valence-electron chi connectivity index (χ3n) is 7.62. The lowest BCUT2D eigenvalue weighted by Gasteiger charge is -2.40. The topological polar surface area (TPSA) is 192 Å². The summed E-state index contributed by atoms with van der Waals surface area (Å²) in [5.41, 5.74) is 0.531. The summed E-state index contributed by atoms with van der Waals surface area (Å²) in [5.74, 6) is -2.58. The highest BCUT2D eigenvalue weighted by atomic mass is 16.7. The fraction of sp³-hybridized carbons (Fsp3) is 0.310. The predicted molar refractivity (Wildman–Crippen MR) is 138 cm³/mol. The molecular formula is C29H26O12. The van der Waals surface area contributed by atoms with Crippen LogP contribution in [-0.2, 0) is 9.47 Å². The number of hydrogen-bond acceptors (Lipinski definition) is 12. The maximum Gasteiger partial charge on any atom is 0.342 e. The van der Waals surface area contributed by atoms with Crippen LogP contribution in [0.2, 0.25) is 0 Å². The van der Waals surface area contributed by atoms with E-state index in [2.05, 4.69) is 0 Å². The van der Waals surface area contributed by atoms with Crippen molar-refractivity contribution in [1.29, 1.82) is 0 Å². The third kappa shape index (κ3) is 4.41. The first kappa shape index (κ1) is 26.8. The molecule has 3 aromatic rings. The van der Waals surface area contributed by atoms with Gasteiger partial charge in [-0.3, -0.25) is 4.79 Å². The second kappa shape index (κ2) is 9.93. The molecule has 1 fully saturated rings. The van der Waals surface area contributed by atoms with E-state index >= 15 is 0 Å². The van der Waals surface area contributed by atoms with Crippen molar-refractivity contribution in [3.8, 4) is 39.9 Å². The van der Waals surface area contributed by atoms with Crippen LogP contribution in [0, 0.1) is 6.92 Å². The number of fused-ring (bicyclic) bond motifs is 10. The minimum Gasteiger partial charge on any atom is -0.507 e. The van der Waals surface area contributed by atoms with Gasteiger partial charge in [-0.1, -0.05) is 18.2 Å². The Hall–Kier alpha value is -4.36. The molecule has 3 heterocycles. The van der Waals surface area contributed by atoms with Crippen LogP contribution in [0.25, 0.3) is 11.1 Å². The highest BCUT2D eigenvalue weighted by Crippen LogP contribution is 2.46. The molecule has 12 nitrogen and oxygen atoms in total. The summed E-state index contributed by atoms with van der Waals surface area (Å²) in [7, 11) is 0. The normalized spacial score (nSPS) is 27.2. The molecule has 3 aromatic carbocycles. The maximum atomic E-state index is 13.2. The molecule has 214 valence electrons. The molecule has 0 radical (unpaired) electrons. The van der Waals surface area contributed by atoms with Gasteiger partial charge in [-0.2, -0.15) is 0 Å². The molecule has 0 amide bonds. The summed E-state index contributed by atoms with van der Waals surface area (Å²) in [4.78, 5) is 26.1. The SMILES string of the molecule is Cc1c2cc3c(c1O)C(=O)CC(O3)c1ccc(O)c(c1)-c1cccc(c1O)C(=O)OCC1O[C@@H](O2)C(O)C(O)[C@@H]1O. The van der Waals surface area contributed by atoms with Crippen LogP contribution in [0.1, 0.15) is 44.4 Å². The number of aliphatic hydroxyl groups excluding tert-OH is 3. The smallest absolute Gasteiger partial charge is 0.342 e. The van der Waals surface area contributed by atoms with Crippen molar-refractivity contribution in [3.05, 3.63) is 64.7 Å². The molecule has 3 aliphatic heterocycles. The number of esters is 1. The van der Waals surface area contributed by atoms with Crippen molar-refractivity contribution in [1.82, 2.24) is 0 Å². The number of ketones is 1. The van der Waals surface area contributed by atoms with Gasteiger partial charge in [0.1, 0.15) is 77.0 Å². The first-order valence-electron chi connectivity index (χ1n) is 12.8. The van der Waals surface area contributed by atoms with Crippen LogP contribution in [0.5, 0.6) is 28.7 Å². The Balaban J connectivity index is 1.52. The standard InChI is InChI=1S/C29H26O12/c1-11-18-9-20-22(23(11)32)17(31)8-19(39-20)12-5-6-16(30)15(7-12)13-3-2-4-14(24(13)33)28(37)38-10-21-25(34)26(35)27(36)29(40-18)41-21/h2-7,9,19,21,25-27,29-30,32-36H,8,10H2,1H3/t19?,21?,25-,26?,27?,29-/m1/s1. The van der Waals surface area contributed by atoms with Crippen molar-refractivity contribution >= 4 is 11.8 Å². The van der Waals surface area contributed by atoms with Crippen LogP contribution >= 0.6 is 0 Å². The summed E-state index contributed by atoms with van der Waals surface area (Å²) in [6, 6.07) is 10.0. The zero-order valence-corrected chi connectivity index (χ0v) is 21.6. The van der Waals surface area contributed by atoms with Crippen molar-refractivity contribution in [2.75, 3.05) is 6.61 Å². The van der Waals surface area contributed by atoms with Gasteiger partial charge < -0.3 is 49.6 Å². The van der Waals surface area contributed by atoms with Crippen LogP contribution in [0.15, 0.2) is 42.5 Å².